The van der Waals surface area contributed by atoms with Gasteiger partial charge in [-0.05, 0) is 12.1 Å². The van der Waals surface area contributed by atoms with Crippen LogP contribution in [0.25, 0.3) is 0 Å². The molecule has 1 rings (SSSR count). The summed E-state index contributed by atoms with van der Waals surface area (Å²) >= 11 is 0. The van der Waals surface area contributed by atoms with E-state index >= 15 is 0 Å². The second-order valence-corrected chi connectivity index (χ2v) is 3.64. The fourth-order valence-corrected chi connectivity index (χ4v) is 1.39. The molecule has 2 N–H and O–H groups in total. The first-order valence-electron chi connectivity index (χ1n) is 5.74. The van der Waals surface area contributed by atoms with Crippen LogP contribution in [0.3, 0.4) is 0 Å². The molecule has 1 aromatic carbocycles. The number of carbonyl (C=O) groups excluding carboxylic acids is 2. The van der Waals surface area contributed by atoms with Gasteiger partial charge >= 0.3 is 0 Å². The van der Waals surface area contributed by atoms with Crippen molar-refractivity contribution in [1.82, 2.24) is 10.6 Å². The molecule has 0 fully saturated rings. The summed E-state index contributed by atoms with van der Waals surface area (Å²) in [6, 6.07) is 7.04. The fraction of sp³-hybridized carbons (Fsp3) is 0.286. The molecule has 0 aliphatic heterocycles. The van der Waals surface area contributed by atoms with Gasteiger partial charge in [0.25, 0.3) is 5.91 Å². The van der Waals surface area contributed by atoms with Gasteiger partial charge in [0.15, 0.2) is 0 Å². The van der Waals surface area contributed by atoms with Crippen molar-refractivity contribution in [2.24, 2.45) is 0 Å². The lowest BCUT2D eigenvalue weighted by molar-refractivity contribution is -0.124. The molecule has 5 heteroatoms. The Labute approximate surface area is 112 Å². The van der Waals surface area contributed by atoms with E-state index in [1.807, 2.05) is 0 Å². The van der Waals surface area contributed by atoms with Crippen molar-refractivity contribution in [3.8, 4) is 11.8 Å². The van der Waals surface area contributed by atoms with Crippen LogP contribution in [0.1, 0.15) is 15.9 Å². The van der Waals surface area contributed by atoms with E-state index < -0.39 is 0 Å². The lowest BCUT2D eigenvalue weighted by Gasteiger charge is -2.02. The average Bonchev–Trinajstić information content (AvgIpc) is 2.43. The Hall–Kier alpha value is -2.32. The van der Waals surface area contributed by atoms with Gasteiger partial charge in [-0.3, -0.25) is 9.59 Å². The van der Waals surface area contributed by atoms with Gasteiger partial charge in [0.2, 0.25) is 5.91 Å². The number of hydrogen-bond acceptors (Lipinski definition) is 3. The minimum Gasteiger partial charge on any atom is -0.375 e. The van der Waals surface area contributed by atoms with E-state index in [4.69, 9.17) is 0 Å². The number of ether oxygens (including phenoxy) is 1. The summed E-state index contributed by atoms with van der Waals surface area (Å²) in [5, 5.41) is 5.13. The number of rotatable bonds is 4. The molecule has 0 saturated carbocycles. The van der Waals surface area contributed by atoms with Crippen LogP contribution in [0.15, 0.2) is 24.3 Å². The Morgan fingerprint density at radius 2 is 2.05 bits per heavy atom. The van der Waals surface area contributed by atoms with Gasteiger partial charge in [-0.15, -0.1) is 0 Å². The summed E-state index contributed by atoms with van der Waals surface area (Å²) in [5.41, 5.74) is 1.14. The zero-order valence-electron chi connectivity index (χ0n) is 10.9. The summed E-state index contributed by atoms with van der Waals surface area (Å²) in [7, 11) is 3.02. The predicted molar refractivity (Wildman–Crippen MR) is 71.6 cm³/mol. The van der Waals surface area contributed by atoms with Crippen molar-refractivity contribution >= 4 is 11.8 Å². The number of amides is 2. The number of hydrogen-bond donors (Lipinski definition) is 2. The quantitative estimate of drug-likeness (QED) is 0.758. The zero-order chi connectivity index (χ0) is 14.1. The molecular weight excluding hydrogens is 244 g/mol. The monoisotopic (exact) mass is 260 g/mol. The Morgan fingerprint density at radius 3 is 2.74 bits per heavy atom. The average molecular weight is 260 g/mol. The molecule has 0 spiro atoms. The summed E-state index contributed by atoms with van der Waals surface area (Å²) in [6.45, 7) is 0.223. The van der Waals surface area contributed by atoms with Crippen LogP contribution in [0, 0.1) is 11.8 Å². The van der Waals surface area contributed by atoms with Gasteiger partial charge in [0, 0.05) is 19.7 Å². The van der Waals surface area contributed by atoms with Crippen LogP contribution in [-0.4, -0.2) is 39.1 Å². The number of carbonyl (C=O) groups is 2. The first-order valence-corrected chi connectivity index (χ1v) is 5.74. The van der Waals surface area contributed by atoms with Crippen LogP contribution in [-0.2, 0) is 9.53 Å². The third-order valence-corrected chi connectivity index (χ3v) is 2.27. The Bertz CT molecular complexity index is 515. The van der Waals surface area contributed by atoms with Gasteiger partial charge in [-0.25, -0.2) is 0 Å². The Morgan fingerprint density at radius 1 is 1.32 bits per heavy atom. The first-order chi connectivity index (χ1) is 9.19. The topological polar surface area (TPSA) is 67.4 Å². The van der Waals surface area contributed by atoms with Crippen LogP contribution < -0.4 is 10.6 Å². The molecule has 0 radical (unpaired) electrons. The molecule has 0 atom stereocenters. The molecule has 0 bridgehead atoms. The number of nitrogens with one attached hydrogen (secondary N) is 2. The van der Waals surface area contributed by atoms with E-state index in [1.54, 1.807) is 31.3 Å². The number of methoxy groups -OCH3 is 1. The van der Waals surface area contributed by atoms with Crippen molar-refractivity contribution < 1.29 is 14.3 Å². The minimum atomic E-state index is -0.226. The highest BCUT2D eigenvalue weighted by Gasteiger charge is 2.06. The molecule has 0 aromatic heterocycles. The predicted octanol–water partition coefficient (Wildman–Crippen LogP) is 0.160. The fourth-order valence-electron chi connectivity index (χ4n) is 1.39. The van der Waals surface area contributed by atoms with Crippen molar-refractivity contribution in [3.05, 3.63) is 35.4 Å². The molecule has 100 valence electrons. The Balaban J connectivity index is 2.68. The highest BCUT2D eigenvalue weighted by Crippen LogP contribution is 2.06. The smallest absolute Gasteiger partial charge is 0.252 e. The molecule has 0 saturated heterocycles. The van der Waals surface area contributed by atoms with E-state index in [0.29, 0.717) is 11.1 Å². The maximum Gasteiger partial charge on any atom is 0.252 e. The maximum atomic E-state index is 11.6. The second-order valence-electron chi connectivity index (χ2n) is 3.64. The van der Waals surface area contributed by atoms with E-state index in [9.17, 15) is 9.59 Å². The number of benzene rings is 1. The highest BCUT2D eigenvalue weighted by atomic mass is 16.5. The summed E-state index contributed by atoms with van der Waals surface area (Å²) < 4.78 is 4.67. The summed E-state index contributed by atoms with van der Waals surface area (Å²) in [4.78, 5) is 22.7. The summed E-state index contributed by atoms with van der Waals surface area (Å²) in [5.74, 6) is 5.24. The molecule has 0 unspecified atom stereocenters. The van der Waals surface area contributed by atoms with Gasteiger partial charge in [-0.2, -0.15) is 0 Å². The normalized spacial score (nSPS) is 9.16. The molecule has 0 aliphatic rings. The maximum absolute atomic E-state index is 11.6. The molecule has 2 amide bonds. The van der Waals surface area contributed by atoms with Gasteiger partial charge < -0.3 is 15.4 Å². The second kappa shape index (κ2) is 7.90. The molecule has 0 heterocycles. The van der Waals surface area contributed by atoms with Crippen molar-refractivity contribution in [3.63, 3.8) is 0 Å². The van der Waals surface area contributed by atoms with Crippen molar-refractivity contribution in [1.29, 1.82) is 0 Å². The molecule has 5 nitrogen and oxygen atoms in total. The molecular formula is C14H16N2O3. The SMILES string of the molecule is CNC(=O)c1ccccc1C#CCNC(=O)COC. The van der Waals surface area contributed by atoms with Crippen LogP contribution in [0.4, 0.5) is 0 Å². The van der Waals surface area contributed by atoms with E-state index in [0.717, 1.165) is 0 Å². The largest absolute Gasteiger partial charge is 0.375 e. The highest BCUT2D eigenvalue weighted by molar-refractivity contribution is 5.96. The third kappa shape index (κ3) is 4.82. The van der Waals surface area contributed by atoms with Gasteiger partial charge in [0.05, 0.1) is 12.1 Å². The Kier molecular flexibility index (Phi) is 6.13. The first kappa shape index (κ1) is 14.7. The third-order valence-electron chi connectivity index (χ3n) is 2.27. The van der Waals surface area contributed by atoms with Gasteiger partial charge in [0.1, 0.15) is 6.61 Å². The van der Waals surface area contributed by atoms with E-state index in [-0.39, 0.29) is 25.0 Å². The van der Waals surface area contributed by atoms with Crippen LogP contribution in [0.5, 0.6) is 0 Å². The van der Waals surface area contributed by atoms with E-state index in [2.05, 4.69) is 27.2 Å². The van der Waals surface area contributed by atoms with E-state index in [1.165, 1.54) is 7.11 Å². The minimum absolute atomic E-state index is 0.0104. The molecule has 19 heavy (non-hydrogen) atoms. The van der Waals surface area contributed by atoms with Gasteiger partial charge in [-0.1, -0.05) is 24.0 Å². The zero-order valence-corrected chi connectivity index (χ0v) is 10.9. The lowest BCUT2D eigenvalue weighted by atomic mass is 10.1. The molecule has 1 aromatic rings. The standard InChI is InChI=1S/C14H16N2O3/c1-15-14(18)12-8-4-3-6-11(12)7-5-9-16-13(17)10-19-2/h3-4,6,8H,9-10H2,1-2H3,(H,15,18)(H,16,17). The van der Waals surface area contributed by atoms with Crippen LogP contribution in [0.2, 0.25) is 0 Å². The molecule has 0 aliphatic carbocycles. The lowest BCUT2D eigenvalue weighted by Crippen LogP contribution is -2.27. The van der Waals surface area contributed by atoms with Crippen molar-refractivity contribution in [2.45, 2.75) is 0 Å². The van der Waals surface area contributed by atoms with Crippen LogP contribution >= 0.6 is 0 Å². The van der Waals surface area contributed by atoms with Crippen molar-refractivity contribution in [2.75, 3.05) is 27.3 Å². The summed E-state index contributed by atoms with van der Waals surface area (Å²) in [6.07, 6.45) is 0.